The topological polar surface area (TPSA) is 95.1 Å². The van der Waals surface area contributed by atoms with Gasteiger partial charge in [0.1, 0.15) is 12.4 Å². The average Bonchev–Trinajstić information content (AvgIpc) is 2.87. The lowest BCUT2D eigenvalue weighted by atomic mass is 10.1. The molecule has 1 aliphatic carbocycles. The fourth-order valence-corrected chi connectivity index (χ4v) is 4.04. The molecule has 7 nitrogen and oxygen atoms in total. The van der Waals surface area contributed by atoms with Crippen molar-refractivity contribution in [2.24, 2.45) is 0 Å². The Labute approximate surface area is 174 Å². The summed E-state index contributed by atoms with van der Waals surface area (Å²) in [6.07, 6.45) is 6.99. The van der Waals surface area contributed by atoms with Crippen LogP contribution in [0.15, 0.2) is 29.4 Å². The number of ether oxygens (including phenoxy) is 1. The van der Waals surface area contributed by atoms with Crippen molar-refractivity contribution in [1.29, 1.82) is 0 Å². The summed E-state index contributed by atoms with van der Waals surface area (Å²) in [5.41, 5.74) is 0. The number of thioether (sulfide) groups is 1. The van der Waals surface area contributed by atoms with Crippen molar-refractivity contribution in [2.45, 2.75) is 68.5 Å². The van der Waals surface area contributed by atoms with Gasteiger partial charge in [0.15, 0.2) is 5.82 Å². The minimum atomic E-state index is -0.306. The van der Waals surface area contributed by atoms with Gasteiger partial charge in [0.05, 0.1) is 5.25 Å². The third-order valence-corrected chi connectivity index (χ3v) is 6.08. The number of hydrogen-bond donors (Lipinski definition) is 2. The quantitative estimate of drug-likeness (QED) is 0.401. The number of rotatable bonds is 7. The standard InChI is InChI=1S/C19H26ClN5O2S/c1-13(18(26)22-15-6-4-2-3-5-7-15)28-19-24-23-17(25(19)21)12-27-16-10-8-14(20)9-11-16/h8-11,13,15H,2-7,12,21H2,1H3,(H,22,26)/t13-/m1/s1. The highest BCUT2D eigenvalue weighted by atomic mass is 35.5. The van der Waals surface area contributed by atoms with Crippen molar-refractivity contribution >= 4 is 29.3 Å². The number of amides is 1. The second-order valence-corrected chi connectivity index (χ2v) is 8.71. The minimum Gasteiger partial charge on any atom is -0.486 e. The number of nitrogen functional groups attached to an aromatic ring is 1. The van der Waals surface area contributed by atoms with Gasteiger partial charge in [-0.2, -0.15) is 0 Å². The first-order chi connectivity index (χ1) is 13.5. The van der Waals surface area contributed by atoms with Gasteiger partial charge in [-0.3, -0.25) is 4.79 Å². The van der Waals surface area contributed by atoms with Crippen LogP contribution in [-0.4, -0.2) is 32.1 Å². The highest BCUT2D eigenvalue weighted by molar-refractivity contribution is 8.00. The highest BCUT2D eigenvalue weighted by Crippen LogP contribution is 2.23. The molecule has 28 heavy (non-hydrogen) atoms. The number of carbonyl (C=O) groups excluding carboxylic acids is 1. The molecule has 2 aromatic rings. The van der Waals surface area contributed by atoms with E-state index in [1.54, 1.807) is 24.3 Å². The molecule has 0 radical (unpaired) electrons. The Morgan fingerprint density at radius 1 is 1.29 bits per heavy atom. The van der Waals surface area contributed by atoms with Gasteiger partial charge in [-0.15, -0.1) is 10.2 Å². The first-order valence-electron chi connectivity index (χ1n) is 9.57. The number of hydrogen-bond acceptors (Lipinski definition) is 6. The molecule has 0 saturated heterocycles. The molecular formula is C19H26ClN5O2S. The maximum Gasteiger partial charge on any atom is 0.233 e. The summed E-state index contributed by atoms with van der Waals surface area (Å²) in [7, 11) is 0. The monoisotopic (exact) mass is 423 g/mol. The first-order valence-corrected chi connectivity index (χ1v) is 10.8. The lowest BCUT2D eigenvalue weighted by Gasteiger charge is -2.19. The molecule has 1 aliphatic rings. The molecule has 3 N–H and O–H groups in total. The lowest BCUT2D eigenvalue weighted by Crippen LogP contribution is -2.39. The molecule has 1 fully saturated rings. The van der Waals surface area contributed by atoms with Crippen LogP contribution in [0.1, 0.15) is 51.3 Å². The Morgan fingerprint density at radius 2 is 1.96 bits per heavy atom. The predicted molar refractivity (Wildman–Crippen MR) is 111 cm³/mol. The summed E-state index contributed by atoms with van der Waals surface area (Å²) in [6.45, 7) is 2.03. The number of nitrogens with zero attached hydrogens (tertiary/aromatic N) is 3. The van der Waals surface area contributed by atoms with Gasteiger partial charge in [-0.05, 0) is 44.0 Å². The van der Waals surface area contributed by atoms with E-state index in [4.69, 9.17) is 22.2 Å². The van der Waals surface area contributed by atoms with Gasteiger partial charge in [0, 0.05) is 11.1 Å². The van der Waals surface area contributed by atoms with Crippen LogP contribution in [0.2, 0.25) is 5.02 Å². The summed E-state index contributed by atoms with van der Waals surface area (Å²) in [4.78, 5) is 12.5. The molecule has 0 aliphatic heterocycles. The Balaban J connectivity index is 1.52. The van der Waals surface area contributed by atoms with E-state index in [0.717, 1.165) is 12.8 Å². The molecular weight excluding hydrogens is 398 g/mol. The average molecular weight is 424 g/mol. The van der Waals surface area contributed by atoms with Crippen LogP contribution in [0, 0.1) is 0 Å². The second kappa shape index (κ2) is 10.0. The molecule has 9 heteroatoms. The maximum absolute atomic E-state index is 12.5. The van der Waals surface area contributed by atoms with E-state index in [-0.39, 0.29) is 23.8 Å². The molecule has 1 aromatic carbocycles. The van der Waals surface area contributed by atoms with Crippen molar-refractivity contribution in [2.75, 3.05) is 5.84 Å². The Kier molecular flexibility index (Phi) is 7.44. The highest BCUT2D eigenvalue weighted by Gasteiger charge is 2.22. The van der Waals surface area contributed by atoms with Crippen LogP contribution in [0.25, 0.3) is 0 Å². The Morgan fingerprint density at radius 3 is 2.64 bits per heavy atom. The zero-order valence-electron chi connectivity index (χ0n) is 15.9. The van der Waals surface area contributed by atoms with Crippen molar-refractivity contribution in [3.05, 3.63) is 35.1 Å². The zero-order chi connectivity index (χ0) is 19.9. The molecule has 0 spiro atoms. The van der Waals surface area contributed by atoms with Crippen LogP contribution in [0.5, 0.6) is 5.75 Å². The number of benzene rings is 1. The van der Waals surface area contributed by atoms with Crippen LogP contribution in [-0.2, 0) is 11.4 Å². The molecule has 152 valence electrons. The molecule has 1 heterocycles. The van der Waals surface area contributed by atoms with Crippen LogP contribution < -0.4 is 15.9 Å². The molecule has 1 saturated carbocycles. The van der Waals surface area contributed by atoms with Gasteiger partial charge in [0.2, 0.25) is 11.1 Å². The third-order valence-electron chi connectivity index (χ3n) is 4.77. The number of nitrogens with one attached hydrogen (secondary N) is 1. The summed E-state index contributed by atoms with van der Waals surface area (Å²) in [6, 6.07) is 7.32. The molecule has 0 bridgehead atoms. The number of halogens is 1. The van der Waals surface area contributed by atoms with E-state index in [9.17, 15) is 4.79 Å². The smallest absolute Gasteiger partial charge is 0.233 e. The van der Waals surface area contributed by atoms with Crippen molar-refractivity contribution in [3.63, 3.8) is 0 Å². The number of aromatic nitrogens is 3. The van der Waals surface area contributed by atoms with Gasteiger partial charge in [-0.25, -0.2) is 4.68 Å². The first kappa shape index (κ1) is 20.8. The van der Waals surface area contributed by atoms with Crippen LogP contribution >= 0.6 is 23.4 Å². The van der Waals surface area contributed by atoms with Gasteiger partial charge in [0.25, 0.3) is 0 Å². The molecule has 0 unspecified atom stereocenters. The summed E-state index contributed by atoms with van der Waals surface area (Å²) >= 11 is 7.16. The number of nitrogens with two attached hydrogens (primary N) is 1. The molecule has 1 aromatic heterocycles. The summed E-state index contributed by atoms with van der Waals surface area (Å²) < 4.78 is 7.03. The van der Waals surface area contributed by atoms with E-state index in [1.165, 1.54) is 42.1 Å². The van der Waals surface area contributed by atoms with Gasteiger partial charge >= 0.3 is 0 Å². The minimum absolute atomic E-state index is 0.0128. The summed E-state index contributed by atoms with van der Waals surface area (Å²) in [5.74, 6) is 7.24. The second-order valence-electron chi connectivity index (χ2n) is 6.97. The van der Waals surface area contributed by atoms with Gasteiger partial charge < -0.3 is 15.9 Å². The van der Waals surface area contributed by atoms with E-state index in [2.05, 4.69) is 15.5 Å². The predicted octanol–water partition coefficient (Wildman–Crippen LogP) is 3.54. The van der Waals surface area contributed by atoms with E-state index in [0.29, 0.717) is 21.8 Å². The van der Waals surface area contributed by atoms with Crippen LogP contribution in [0.4, 0.5) is 0 Å². The van der Waals surface area contributed by atoms with Crippen LogP contribution in [0.3, 0.4) is 0 Å². The molecule has 1 atom stereocenters. The zero-order valence-corrected chi connectivity index (χ0v) is 17.5. The summed E-state index contributed by atoms with van der Waals surface area (Å²) in [5, 5.41) is 12.2. The van der Waals surface area contributed by atoms with Crippen molar-refractivity contribution in [3.8, 4) is 5.75 Å². The van der Waals surface area contributed by atoms with E-state index in [1.807, 2.05) is 6.92 Å². The SMILES string of the molecule is C[C@@H](Sc1nnc(COc2ccc(Cl)cc2)n1N)C(=O)NC1CCCCCC1. The van der Waals surface area contributed by atoms with Crippen molar-refractivity contribution in [1.82, 2.24) is 20.2 Å². The lowest BCUT2D eigenvalue weighted by molar-refractivity contribution is -0.121. The van der Waals surface area contributed by atoms with E-state index >= 15 is 0 Å². The molecule has 3 rings (SSSR count). The van der Waals surface area contributed by atoms with E-state index < -0.39 is 0 Å². The fourth-order valence-electron chi connectivity index (χ4n) is 3.12. The normalized spacial score (nSPS) is 16.4. The Bertz CT molecular complexity index is 775. The van der Waals surface area contributed by atoms with Gasteiger partial charge in [-0.1, -0.05) is 49.0 Å². The fraction of sp³-hybridized carbons (Fsp3) is 0.526. The molecule has 1 amide bonds. The Hall–Kier alpha value is -1.93. The van der Waals surface area contributed by atoms with Crippen molar-refractivity contribution < 1.29 is 9.53 Å². The largest absolute Gasteiger partial charge is 0.486 e. The maximum atomic E-state index is 12.5. The third kappa shape index (κ3) is 5.78. The number of carbonyl (C=O) groups is 1.